The minimum atomic E-state index is -0.441. The van der Waals surface area contributed by atoms with Crippen molar-refractivity contribution in [3.63, 3.8) is 0 Å². The SMILES string of the molecule is CNC(C(=O)NCc1ccc(OC)c(OC)c1)c1cnn(C)c1.Cl. The first-order valence-corrected chi connectivity index (χ1v) is 7.23. The number of likely N-dealkylation sites (N-methyl/N-ethyl adjacent to an activating group) is 1. The van der Waals surface area contributed by atoms with Gasteiger partial charge in [0.1, 0.15) is 6.04 Å². The number of methoxy groups -OCH3 is 2. The Morgan fingerprint density at radius 3 is 2.54 bits per heavy atom. The molecule has 2 rings (SSSR count). The molecule has 0 fully saturated rings. The van der Waals surface area contributed by atoms with Crippen LogP contribution in [0.25, 0.3) is 0 Å². The molecule has 0 spiro atoms. The van der Waals surface area contributed by atoms with Crippen molar-refractivity contribution in [2.75, 3.05) is 21.3 Å². The van der Waals surface area contributed by atoms with Crippen molar-refractivity contribution in [1.29, 1.82) is 0 Å². The van der Waals surface area contributed by atoms with Gasteiger partial charge in [-0.3, -0.25) is 9.48 Å². The van der Waals surface area contributed by atoms with Crippen LogP contribution in [0.1, 0.15) is 17.2 Å². The van der Waals surface area contributed by atoms with Crippen LogP contribution < -0.4 is 20.1 Å². The van der Waals surface area contributed by atoms with E-state index in [9.17, 15) is 4.79 Å². The number of aromatic nitrogens is 2. The van der Waals surface area contributed by atoms with Crippen LogP contribution in [0.3, 0.4) is 0 Å². The van der Waals surface area contributed by atoms with Crippen LogP contribution in [0.15, 0.2) is 30.6 Å². The van der Waals surface area contributed by atoms with Crippen molar-refractivity contribution in [3.8, 4) is 11.5 Å². The quantitative estimate of drug-likeness (QED) is 0.786. The van der Waals surface area contributed by atoms with Crippen molar-refractivity contribution >= 4 is 18.3 Å². The summed E-state index contributed by atoms with van der Waals surface area (Å²) >= 11 is 0. The highest BCUT2D eigenvalue weighted by atomic mass is 35.5. The van der Waals surface area contributed by atoms with Crippen molar-refractivity contribution in [1.82, 2.24) is 20.4 Å². The van der Waals surface area contributed by atoms with E-state index >= 15 is 0 Å². The molecule has 1 amide bonds. The van der Waals surface area contributed by atoms with Gasteiger partial charge in [-0.15, -0.1) is 12.4 Å². The predicted octanol–water partition coefficient (Wildman–Crippen LogP) is 1.44. The summed E-state index contributed by atoms with van der Waals surface area (Å²) in [6.07, 6.45) is 3.49. The summed E-state index contributed by atoms with van der Waals surface area (Å²) in [7, 11) is 6.73. The fourth-order valence-electron chi connectivity index (χ4n) is 2.32. The van der Waals surface area contributed by atoms with E-state index in [1.165, 1.54) is 0 Å². The summed E-state index contributed by atoms with van der Waals surface area (Å²) in [4.78, 5) is 12.4. The number of ether oxygens (including phenoxy) is 2. The second kappa shape index (κ2) is 9.14. The van der Waals surface area contributed by atoms with Crippen molar-refractivity contribution in [2.45, 2.75) is 12.6 Å². The first kappa shape index (κ1) is 19.8. The summed E-state index contributed by atoms with van der Waals surface area (Å²) < 4.78 is 12.1. The lowest BCUT2D eigenvalue weighted by atomic mass is 10.1. The molecule has 0 saturated carbocycles. The summed E-state index contributed by atoms with van der Waals surface area (Å²) in [6, 6.07) is 5.11. The number of nitrogens with zero attached hydrogens (tertiary/aromatic N) is 2. The molecule has 0 aliphatic carbocycles. The van der Waals surface area contributed by atoms with Gasteiger partial charge < -0.3 is 20.1 Å². The maximum Gasteiger partial charge on any atom is 0.242 e. The Morgan fingerprint density at radius 2 is 2.00 bits per heavy atom. The number of rotatable bonds is 7. The Kier molecular flexibility index (Phi) is 7.54. The van der Waals surface area contributed by atoms with E-state index < -0.39 is 6.04 Å². The van der Waals surface area contributed by atoms with Gasteiger partial charge in [-0.1, -0.05) is 6.07 Å². The fraction of sp³-hybridized carbons (Fsp3) is 0.375. The van der Waals surface area contributed by atoms with E-state index in [-0.39, 0.29) is 18.3 Å². The topological polar surface area (TPSA) is 77.4 Å². The minimum absolute atomic E-state index is 0. The molecule has 2 N–H and O–H groups in total. The number of nitrogens with one attached hydrogen (secondary N) is 2. The van der Waals surface area contributed by atoms with Gasteiger partial charge in [0.05, 0.1) is 20.4 Å². The molecule has 1 unspecified atom stereocenters. The Hall–Kier alpha value is -2.25. The zero-order valence-corrected chi connectivity index (χ0v) is 15.0. The highest BCUT2D eigenvalue weighted by Gasteiger charge is 2.19. The molecule has 0 saturated heterocycles. The zero-order valence-electron chi connectivity index (χ0n) is 14.2. The molecule has 2 aromatic rings. The molecular formula is C16H23ClN4O3. The van der Waals surface area contributed by atoms with Gasteiger partial charge in [-0.25, -0.2) is 0 Å². The van der Waals surface area contributed by atoms with Gasteiger partial charge in [0.15, 0.2) is 11.5 Å². The fourth-order valence-corrected chi connectivity index (χ4v) is 2.32. The van der Waals surface area contributed by atoms with Crippen LogP contribution in [0.2, 0.25) is 0 Å². The normalized spacial score (nSPS) is 11.3. The average molecular weight is 355 g/mol. The maximum absolute atomic E-state index is 12.4. The molecule has 8 heteroatoms. The standard InChI is InChI=1S/C16H22N4O3.ClH/c1-17-15(12-9-19-20(2)10-12)16(21)18-8-11-5-6-13(22-3)14(7-11)23-4;/h5-7,9-10,15,17H,8H2,1-4H3,(H,18,21);1H. The number of hydrogen-bond donors (Lipinski definition) is 2. The minimum Gasteiger partial charge on any atom is -0.493 e. The van der Waals surface area contributed by atoms with Crippen LogP contribution in [0, 0.1) is 0 Å². The lowest BCUT2D eigenvalue weighted by molar-refractivity contribution is -0.123. The highest BCUT2D eigenvalue weighted by Crippen LogP contribution is 2.27. The van der Waals surface area contributed by atoms with E-state index in [0.29, 0.717) is 18.0 Å². The Bertz CT molecular complexity index is 675. The van der Waals surface area contributed by atoms with Crippen molar-refractivity contribution < 1.29 is 14.3 Å². The highest BCUT2D eigenvalue weighted by molar-refractivity contribution is 5.85. The summed E-state index contributed by atoms with van der Waals surface area (Å²) in [5.74, 6) is 1.18. The van der Waals surface area contributed by atoms with Crippen molar-refractivity contribution in [3.05, 3.63) is 41.7 Å². The predicted molar refractivity (Wildman–Crippen MR) is 93.6 cm³/mol. The Balaban J connectivity index is 0.00000288. The number of halogens is 1. The molecule has 24 heavy (non-hydrogen) atoms. The summed E-state index contributed by atoms with van der Waals surface area (Å²) in [5, 5.41) is 10.0. The molecular weight excluding hydrogens is 332 g/mol. The second-order valence-corrected chi connectivity index (χ2v) is 5.08. The molecule has 1 aromatic heterocycles. The molecule has 1 aromatic carbocycles. The molecule has 1 atom stereocenters. The van der Waals surface area contributed by atoms with Gasteiger partial charge in [-0.2, -0.15) is 5.10 Å². The molecule has 7 nitrogen and oxygen atoms in total. The first-order chi connectivity index (χ1) is 11.1. The number of amides is 1. The average Bonchev–Trinajstić information content (AvgIpc) is 2.99. The van der Waals surface area contributed by atoms with Gasteiger partial charge in [0.2, 0.25) is 5.91 Å². The van der Waals surface area contributed by atoms with Gasteiger partial charge in [0, 0.05) is 25.4 Å². The molecule has 0 aliphatic rings. The van der Waals surface area contributed by atoms with E-state index in [1.54, 1.807) is 32.1 Å². The van der Waals surface area contributed by atoms with Crippen LogP contribution in [0.5, 0.6) is 11.5 Å². The Labute approximate surface area is 147 Å². The number of aryl methyl sites for hydroxylation is 1. The van der Waals surface area contributed by atoms with E-state index in [4.69, 9.17) is 9.47 Å². The number of hydrogen-bond acceptors (Lipinski definition) is 5. The van der Waals surface area contributed by atoms with E-state index in [0.717, 1.165) is 11.1 Å². The molecule has 0 bridgehead atoms. The maximum atomic E-state index is 12.4. The van der Waals surface area contributed by atoms with Crippen molar-refractivity contribution in [2.24, 2.45) is 7.05 Å². The summed E-state index contributed by atoms with van der Waals surface area (Å²) in [5.41, 5.74) is 1.75. The number of carbonyl (C=O) groups is 1. The third-order valence-electron chi connectivity index (χ3n) is 3.52. The lowest BCUT2D eigenvalue weighted by Gasteiger charge is -2.15. The summed E-state index contributed by atoms with van der Waals surface area (Å²) in [6.45, 7) is 0.400. The van der Waals surface area contributed by atoms with Crippen LogP contribution >= 0.6 is 12.4 Å². The number of benzene rings is 1. The van der Waals surface area contributed by atoms with Crippen LogP contribution in [-0.2, 0) is 18.4 Å². The van der Waals surface area contributed by atoms with Crippen LogP contribution in [0.4, 0.5) is 0 Å². The molecule has 0 aliphatic heterocycles. The molecule has 132 valence electrons. The van der Waals surface area contributed by atoms with Gasteiger partial charge >= 0.3 is 0 Å². The zero-order chi connectivity index (χ0) is 16.8. The molecule has 1 heterocycles. The van der Waals surface area contributed by atoms with E-state index in [1.807, 2.05) is 31.4 Å². The van der Waals surface area contributed by atoms with Gasteiger partial charge in [0.25, 0.3) is 0 Å². The van der Waals surface area contributed by atoms with Gasteiger partial charge in [-0.05, 0) is 24.7 Å². The third-order valence-corrected chi connectivity index (χ3v) is 3.52. The van der Waals surface area contributed by atoms with Crippen LogP contribution in [-0.4, -0.2) is 37.0 Å². The smallest absolute Gasteiger partial charge is 0.242 e. The monoisotopic (exact) mass is 354 g/mol. The first-order valence-electron chi connectivity index (χ1n) is 7.23. The third kappa shape index (κ3) is 4.62. The van der Waals surface area contributed by atoms with E-state index in [2.05, 4.69) is 15.7 Å². The number of carbonyl (C=O) groups excluding carboxylic acids is 1. The largest absolute Gasteiger partial charge is 0.493 e. The molecule has 0 radical (unpaired) electrons. The second-order valence-electron chi connectivity index (χ2n) is 5.08. The Morgan fingerprint density at radius 1 is 1.29 bits per heavy atom. The lowest BCUT2D eigenvalue weighted by Crippen LogP contribution is -2.35.